The zero-order chi connectivity index (χ0) is 20.9. The minimum atomic E-state index is 0.506. The molecule has 2 aliphatic heterocycles. The third-order valence-corrected chi connectivity index (χ3v) is 7.33. The lowest BCUT2D eigenvalue weighted by molar-refractivity contribution is 0.461. The highest BCUT2D eigenvalue weighted by atomic mass is 15.1. The quantitative estimate of drug-likeness (QED) is 0.662. The molecule has 6 rings (SSSR count). The van der Waals surface area contributed by atoms with Crippen LogP contribution in [0.1, 0.15) is 54.8 Å². The fourth-order valence-corrected chi connectivity index (χ4v) is 5.53. The average Bonchev–Trinajstić information content (AvgIpc) is 3.49. The molecule has 0 saturated heterocycles. The van der Waals surface area contributed by atoms with E-state index in [1.807, 2.05) is 0 Å². The lowest BCUT2D eigenvalue weighted by Gasteiger charge is -2.15. The molecule has 1 saturated carbocycles. The van der Waals surface area contributed by atoms with Crippen molar-refractivity contribution >= 4 is 42.1 Å². The van der Waals surface area contributed by atoms with Gasteiger partial charge in [-0.25, -0.2) is 4.98 Å². The topological polar surface area (TPSA) is 55.1 Å². The van der Waals surface area contributed by atoms with Gasteiger partial charge in [0.25, 0.3) is 0 Å². The van der Waals surface area contributed by atoms with Crippen LogP contribution in [0, 0.1) is 12.8 Å². The van der Waals surface area contributed by atoms with Crippen LogP contribution in [-0.2, 0) is 6.42 Å². The molecule has 2 bridgehead atoms. The van der Waals surface area contributed by atoms with Crippen molar-refractivity contribution in [1.82, 2.24) is 14.5 Å². The summed E-state index contributed by atoms with van der Waals surface area (Å²) in [5.41, 5.74) is 8.21. The van der Waals surface area contributed by atoms with Crippen LogP contribution in [0.4, 0.5) is 5.69 Å². The summed E-state index contributed by atoms with van der Waals surface area (Å²) in [5, 5.41) is 4.55. The molecule has 3 aromatic rings. The number of nitrogens with one attached hydrogen (secondary N) is 1. The third kappa shape index (κ3) is 3.29. The van der Waals surface area contributed by atoms with Crippen LogP contribution in [0.2, 0.25) is 0 Å². The molecule has 4 heterocycles. The predicted molar refractivity (Wildman–Crippen MR) is 127 cm³/mol. The Morgan fingerprint density at radius 3 is 3.10 bits per heavy atom. The van der Waals surface area contributed by atoms with Crippen LogP contribution in [0.5, 0.6) is 0 Å². The first-order chi connectivity index (χ1) is 15.2. The van der Waals surface area contributed by atoms with Gasteiger partial charge in [-0.3, -0.25) is 9.98 Å². The highest BCUT2D eigenvalue weighted by molar-refractivity contribution is 6.36. The number of aryl methyl sites for hydroxylation is 1. The van der Waals surface area contributed by atoms with Crippen molar-refractivity contribution < 1.29 is 0 Å². The van der Waals surface area contributed by atoms with Gasteiger partial charge < -0.3 is 9.88 Å². The van der Waals surface area contributed by atoms with Crippen molar-refractivity contribution in [3.05, 3.63) is 53.0 Å². The first-order valence-electron chi connectivity index (χ1n) is 11.4. The molecule has 0 amide bonds. The first-order valence-corrected chi connectivity index (χ1v) is 11.4. The van der Waals surface area contributed by atoms with E-state index in [0.717, 1.165) is 42.2 Å². The summed E-state index contributed by atoms with van der Waals surface area (Å²) in [6.07, 6.45) is 13.1. The largest absolute Gasteiger partial charge is 0.340 e. The molecule has 31 heavy (non-hydrogen) atoms. The van der Waals surface area contributed by atoms with E-state index in [4.69, 9.17) is 7.85 Å². The van der Waals surface area contributed by atoms with Gasteiger partial charge in [0.05, 0.1) is 0 Å². The number of rotatable bonds is 4. The van der Waals surface area contributed by atoms with Crippen molar-refractivity contribution in [1.29, 1.82) is 0 Å². The minimum absolute atomic E-state index is 0.506. The Morgan fingerprint density at radius 1 is 1.23 bits per heavy atom. The molecule has 154 valence electrons. The summed E-state index contributed by atoms with van der Waals surface area (Å²) >= 11 is 0. The molecule has 3 aliphatic rings. The molecule has 2 atom stereocenters. The van der Waals surface area contributed by atoms with Gasteiger partial charge in [0, 0.05) is 35.5 Å². The number of amidine groups is 1. The summed E-state index contributed by atoms with van der Waals surface area (Å²) < 4.78 is 2.31. The molecule has 1 fully saturated rings. The summed E-state index contributed by atoms with van der Waals surface area (Å²) in [6.45, 7) is 3.11. The molecule has 2 radical (unpaired) electrons. The van der Waals surface area contributed by atoms with Gasteiger partial charge in [-0.05, 0) is 91.8 Å². The molecule has 1 N–H and O–H groups in total. The summed E-state index contributed by atoms with van der Waals surface area (Å²) in [7, 11) is 6.02. The number of hydrogen-bond acceptors (Lipinski definition) is 4. The van der Waals surface area contributed by atoms with E-state index < -0.39 is 0 Å². The second-order valence-corrected chi connectivity index (χ2v) is 9.22. The molecule has 0 spiro atoms. The number of aromatic nitrogens is 3. The summed E-state index contributed by atoms with van der Waals surface area (Å²) in [5.74, 6) is 1.81. The van der Waals surface area contributed by atoms with Crippen LogP contribution in [0.3, 0.4) is 0 Å². The normalized spacial score (nSPS) is 22.1. The number of nitrogens with zero attached hydrogens (tertiary/aromatic N) is 4. The van der Waals surface area contributed by atoms with E-state index in [2.05, 4.69) is 62.2 Å². The Bertz CT molecular complexity index is 1240. The van der Waals surface area contributed by atoms with Gasteiger partial charge in [-0.15, -0.1) is 0 Å². The standard InChI is InChI=1S/C25H26BN5/c1-15-19-10-17(12-22(15)30-24-18(13-19)6-8-27-24)3-2-16-4-5-20(11-16)31-9-7-21-23(26)28-14-29-25(21)31/h7,9-10,12-14,16,20H,2-6,8,11H2,1H3,(H,27,30). The molecule has 1 aromatic carbocycles. The monoisotopic (exact) mass is 407 g/mol. The molecule has 1 aliphatic carbocycles. The Kier molecular flexibility index (Phi) is 4.48. The van der Waals surface area contributed by atoms with Crippen LogP contribution >= 0.6 is 0 Å². The van der Waals surface area contributed by atoms with Gasteiger partial charge in [0.15, 0.2) is 0 Å². The maximum atomic E-state index is 6.02. The van der Waals surface area contributed by atoms with E-state index >= 15 is 0 Å². The van der Waals surface area contributed by atoms with Crippen molar-refractivity contribution in [2.24, 2.45) is 10.9 Å². The van der Waals surface area contributed by atoms with E-state index in [1.165, 1.54) is 53.6 Å². The number of hydrogen-bond donors (Lipinski definition) is 1. The Morgan fingerprint density at radius 2 is 2.16 bits per heavy atom. The van der Waals surface area contributed by atoms with Gasteiger partial charge in [-0.1, -0.05) is 6.07 Å². The van der Waals surface area contributed by atoms with Gasteiger partial charge in [-0.2, -0.15) is 0 Å². The van der Waals surface area contributed by atoms with Crippen molar-refractivity contribution in [3.63, 3.8) is 0 Å². The van der Waals surface area contributed by atoms with Crippen LogP contribution in [0.15, 0.2) is 41.3 Å². The minimum Gasteiger partial charge on any atom is -0.340 e. The number of aliphatic imine (C=N–C) groups is 1. The maximum absolute atomic E-state index is 6.02. The second-order valence-electron chi connectivity index (χ2n) is 9.22. The Labute approximate surface area is 184 Å². The fourth-order valence-electron chi connectivity index (χ4n) is 5.53. The van der Waals surface area contributed by atoms with Crippen LogP contribution in [0.25, 0.3) is 17.1 Å². The molecule has 5 nitrogen and oxygen atoms in total. The lowest BCUT2D eigenvalue weighted by Crippen LogP contribution is -2.11. The van der Waals surface area contributed by atoms with Crippen molar-refractivity contribution in [2.75, 3.05) is 11.9 Å². The molecule has 2 aromatic heterocycles. The maximum Gasteiger partial charge on any atom is 0.142 e. The van der Waals surface area contributed by atoms with Gasteiger partial charge in [0.1, 0.15) is 25.7 Å². The highest BCUT2D eigenvalue weighted by Gasteiger charge is 2.27. The molecule has 6 heteroatoms. The number of benzene rings is 1. The summed E-state index contributed by atoms with van der Waals surface area (Å²) in [6, 6.07) is 7.28. The smallest absolute Gasteiger partial charge is 0.142 e. The van der Waals surface area contributed by atoms with E-state index in [1.54, 1.807) is 6.33 Å². The van der Waals surface area contributed by atoms with Crippen molar-refractivity contribution in [3.8, 4) is 0 Å². The zero-order valence-corrected chi connectivity index (χ0v) is 17.9. The number of fused-ring (bicyclic) bond motifs is 4. The molecular weight excluding hydrogens is 381 g/mol. The SMILES string of the molecule is [B]c1ncnc2c1ccn2C1CCC(CCc2cc3c(C)c(c2)NC2=NCCC2=C3)C1. The molecule has 2 unspecified atom stereocenters. The third-order valence-electron chi connectivity index (χ3n) is 7.33. The van der Waals surface area contributed by atoms with Gasteiger partial charge >= 0.3 is 0 Å². The predicted octanol–water partition coefficient (Wildman–Crippen LogP) is 4.12. The average molecular weight is 407 g/mol. The molecular formula is C25H26BN5. The van der Waals surface area contributed by atoms with E-state index in [0.29, 0.717) is 11.6 Å². The highest BCUT2D eigenvalue weighted by Crippen LogP contribution is 2.39. The van der Waals surface area contributed by atoms with E-state index in [9.17, 15) is 0 Å². The Balaban J connectivity index is 1.16. The Hall–Kier alpha value is -2.89. The van der Waals surface area contributed by atoms with Gasteiger partial charge in [0.2, 0.25) is 0 Å². The first kappa shape index (κ1) is 18.8. The lowest BCUT2D eigenvalue weighted by atomic mass is 9.94. The van der Waals surface area contributed by atoms with E-state index in [-0.39, 0.29) is 0 Å². The van der Waals surface area contributed by atoms with Crippen molar-refractivity contribution in [2.45, 2.75) is 51.5 Å². The second kappa shape index (κ2) is 7.36. The van der Waals surface area contributed by atoms with Crippen LogP contribution in [-0.4, -0.2) is 34.8 Å². The fraction of sp³-hybridized carbons (Fsp3) is 0.400. The summed E-state index contributed by atoms with van der Waals surface area (Å²) in [4.78, 5) is 13.2. The number of anilines is 1. The zero-order valence-electron chi connectivity index (χ0n) is 17.9. The van der Waals surface area contributed by atoms with Crippen LogP contribution < -0.4 is 10.9 Å².